The fourth-order valence-electron chi connectivity index (χ4n) is 2.70. The lowest BCUT2D eigenvalue weighted by atomic mass is 10.1. The number of methoxy groups -OCH3 is 2. The highest BCUT2D eigenvalue weighted by atomic mass is 16.5. The van der Waals surface area contributed by atoms with Crippen molar-refractivity contribution in [1.29, 1.82) is 0 Å². The summed E-state index contributed by atoms with van der Waals surface area (Å²) >= 11 is 0. The number of carbonyl (C=O) groups is 3. The molecule has 1 aromatic carbocycles. The average Bonchev–Trinajstić information content (AvgIpc) is 2.62. The van der Waals surface area contributed by atoms with Crippen LogP contribution in [0.25, 0.3) is 0 Å². The topological polar surface area (TPSA) is 97.0 Å². The van der Waals surface area contributed by atoms with Crippen LogP contribution in [-0.2, 0) is 25.7 Å². The second-order valence-electron chi connectivity index (χ2n) is 5.65. The molecule has 1 atom stereocenters. The van der Waals surface area contributed by atoms with Gasteiger partial charge in [-0.3, -0.25) is 19.3 Å². The van der Waals surface area contributed by atoms with Crippen molar-refractivity contribution >= 4 is 17.8 Å². The number of nitrogens with one attached hydrogen (secondary N) is 2. The van der Waals surface area contributed by atoms with E-state index in [0.29, 0.717) is 25.4 Å². The standard InChI is InChI=1S/C17H23N3O5/c1-24-14-6-4-3-5-12(14)10-19-15(21)11-20-8-7-18-17(23)13(20)9-16(22)25-2/h3-6,13H,7-11H2,1-2H3,(H,18,23)(H,19,21). The summed E-state index contributed by atoms with van der Waals surface area (Å²) in [6.07, 6.45) is -0.0812. The van der Waals surface area contributed by atoms with Crippen molar-refractivity contribution in [3.05, 3.63) is 29.8 Å². The van der Waals surface area contributed by atoms with Crippen LogP contribution in [0.1, 0.15) is 12.0 Å². The second-order valence-corrected chi connectivity index (χ2v) is 5.65. The molecule has 8 heteroatoms. The van der Waals surface area contributed by atoms with Crippen LogP contribution >= 0.6 is 0 Å². The highest BCUT2D eigenvalue weighted by Gasteiger charge is 2.32. The lowest BCUT2D eigenvalue weighted by Crippen LogP contribution is -2.57. The molecule has 1 aliphatic rings. The van der Waals surface area contributed by atoms with Crippen LogP contribution in [0.3, 0.4) is 0 Å². The van der Waals surface area contributed by atoms with Crippen LogP contribution in [0.2, 0.25) is 0 Å². The Kier molecular flexibility index (Phi) is 6.76. The van der Waals surface area contributed by atoms with Crippen molar-refractivity contribution in [1.82, 2.24) is 15.5 Å². The van der Waals surface area contributed by atoms with E-state index in [9.17, 15) is 14.4 Å². The maximum Gasteiger partial charge on any atom is 0.307 e. The Morgan fingerprint density at radius 1 is 1.32 bits per heavy atom. The van der Waals surface area contributed by atoms with Gasteiger partial charge >= 0.3 is 5.97 Å². The Balaban J connectivity index is 1.93. The summed E-state index contributed by atoms with van der Waals surface area (Å²) in [6.45, 7) is 1.29. The number of hydrogen-bond donors (Lipinski definition) is 2. The van der Waals surface area contributed by atoms with Crippen molar-refractivity contribution < 1.29 is 23.9 Å². The van der Waals surface area contributed by atoms with Gasteiger partial charge in [0.05, 0.1) is 27.2 Å². The van der Waals surface area contributed by atoms with Crippen LogP contribution in [0.4, 0.5) is 0 Å². The molecule has 1 unspecified atom stereocenters. The molecule has 1 aromatic rings. The highest BCUT2D eigenvalue weighted by Crippen LogP contribution is 2.16. The first-order valence-electron chi connectivity index (χ1n) is 8.02. The van der Waals surface area contributed by atoms with Crippen molar-refractivity contribution in [3.8, 4) is 5.75 Å². The SMILES string of the molecule is COC(=O)CC1C(=O)NCCN1CC(=O)NCc1ccccc1OC. The molecule has 1 fully saturated rings. The van der Waals surface area contributed by atoms with Gasteiger partial charge in [0.15, 0.2) is 0 Å². The summed E-state index contributed by atoms with van der Waals surface area (Å²) in [6, 6.07) is 6.72. The molecular formula is C17H23N3O5. The largest absolute Gasteiger partial charge is 0.496 e. The lowest BCUT2D eigenvalue weighted by Gasteiger charge is -2.33. The van der Waals surface area contributed by atoms with E-state index in [2.05, 4.69) is 15.4 Å². The quantitative estimate of drug-likeness (QED) is 0.655. The highest BCUT2D eigenvalue weighted by molar-refractivity contribution is 5.88. The monoisotopic (exact) mass is 349 g/mol. The summed E-state index contributed by atoms with van der Waals surface area (Å²) < 4.78 is 9.87. The normalized spacial score (nSPS) is 17.5. The predicted molar refractivity (Wildman–Crippen MR) is 89.8 cm³/mol. The molecule has 0 saturated carbocycles. The molecule has 0 radical (unpaired) electrons. The first kappa shape index (κ1) is 18.7. The van der Waals surface area contributed by atoms with Crippen molar-refractivity contribution in [3.63, 3.8) is 0 Å². The molecule has 2 rings (SSSR count). The first-order valence-corrected chi connectivity index (χ1v) is 8.02. The number of esters is 1. The van der Waals surface area contributed by atoms with E-state index in [-0.39, 0.29) is 24.8 Å². The van der Waals surface area contributed by atoms with Crippen LogP contribution < -0.4 is 15.4 Å². The van der Waals surface area contributed by atoms with Crippen molar-refractivity contribution in [2.45, 2.75) is 19.0 Å². The van der Waals surface area contributed by atoms with Gasteiger partial charge in [-0.25, -0.2) is 0 Å². The van der Waals surface area contributed by atoms with Gasteiger partial charge in [-0.1, -0.05) is 18.2 Å². The van der Waals surface area contributed by atoms with Gasteiger partial charge in [-0.05, 0) is 6.07 Å². The third-order valence-electron chi connectivity index (χ3n) is 4.04. The molecule has 8 nitrogen and oxygen atoms in total. The third kappa shape index (κ3) is 5.18. The van der Waals surface area contributed by atoms with E-state index in [1.807, 2.05) is 24.3 Å². The third-order valence-corrected chi connectivity index (χ3v) is 4.04. The minimum atomic E-state index is -0.696. The Hall–Kier alpha value is -2.61. The average molecular weight is 349 g/mol. The maximum atomic E-state index is 12.3. The fourth-order valence-corrected chi connectivity index (χ4v) is 2.70. The van der Waals surface area contributed by atoms with Gasteiger partial charge in [0.2, 0.25) is 11.8 Å². The number of nitrogens with zero attached hydrogens (tertiary/aromatic N) is 1. The van der Waals surface area contributed by atoms with Crippen molar-refractivity contribution in [2.24, 2.45) is 0 Å². The summed E-state index contributed by atoms with van der Waals surface area (Å²) in [7, 11) is 2.85. The van der Waals surface area contributed by atoms with E-state index in [0.717, 1.165) is 5.56 Å². The molecule has 136 valence electrons. The van der Waals surface area contributed by atoms with E-state index in [1.165, 1.54) is 7.11 Å². The van der Waals surface area contributed by atoms with E-state index in [1.54, 1.807) is 12.0 Å². The molecule has 0 aromatic heterocycles. The molecule has 0 bridgehead atoms. The van der Waals surface area contributed by atoms with Crippen LogP contribution in [0.15, 0.2) is 24.3 Å². The molecule has 1 heterocycles. The molecule has 25 heavy (non-hydrogen) atoms. The van der Waals surface area contributed by atoms with Gasteiger partial charge in [-0.2, -0.15) is 0 Å². The Labute approximate surface area is 146 Å². The summed E-state index contributed by atoms with van der Waals surface area (Å²) in [5, 5.41) is 5.52. The van der Waals surface area contributed by atoms with Gasteiger partial charge in [0, 0.05) is 25.2 Å². The van der Waals surface area contributed by atoms with Crippen LogP contribution in [0, 0.1) is 0 Å². The second kappa shape index (κ2) is 9.03. The Bertz CT molecular complexity index is 634. The summed E-state index contributed by atoms with van der Waals surface area (Å²) in [5.41, 5.74) is 0.862. The van der Waals surface area contributed by atoms with Gasteiger partial charge < -0.3 is 20.1 Å². The van der Waals surface area contributed by atoms with E-state index >= 15 is 0 Å². The molecule has 2 amide bonds. The maximum absolute atomic E-state index is 12.3. The minimum absolute atomic E-state index is 0.0320. The zero-order chi connectivity index (χ0) is 18.2. The predicted octanol–water partition coefficient (Wildman–Crippen LogP) is -0.325. The zero-order valence-electron chi connectivity index (χ0n) is 14.4. The smallest absolute Gasteiger partial charge is 0.307 e. The van der Waals surface area contributed by atoms with Crippen LogP contribution in [0.5, 0.6) is 5.75 Å². The van der Waals surface area contributed by atoms with Gasteiger partial charge in [0.1, 0.15) is 11.8 Å². The molecule has 2 N–H and O–H groups in total. The number of hydrogen-bond acceptors (Lipinski definition) is 6. The van der Waals surface area contributed by atoms with Crippen molar-refractivity contribution in [2.75, 3.05) is 33.9 Å². The number of benzene rings is 1. The Morgan fingerprint density at radius 2 is 2.08 bits per heavy atom. The number of rotatable bonds is 7. The number of carbonyl (C=O) groups excluding carboxylic acids is 3. The molecule has 0 spiro atoms. The number of para-hydroxylation sites is 1. The minimum Gasteiger partial charge on any atom is -0.496 e. The molecule has 1 saturated heterocycles. The molecule has 0 aliphatic carbocycles. The fraction of sp³-hybridized carbons (Fsp3) is 0.471. The van der Waals surface area contributed by atoms with Crippen LogP contribution in [-0.4, -0.2) is 62.6 Å². The van der Waals surface area contributed by atoms with E-state index < -0.39 is 12.0 Å². The number of ether oxygens (including phenoxy) is 2. The Morgan fingerprint density at radius 3 is 2.80 bits per heavy atom. The summed E-state index contributed by atoms with van der Waals surface area (Å²) in [5.74, 6) is -0.283. The van der Waals surface area contributed by atoms with Gasteiger partial charge in [-0.15, -0.1) is 0 Å². The lowest BCUT2D eigenvalue weighted by molar-refractivity contribution is -0.146. The zero-order valence-corrected chi connectivity index (χ0v) is 14.4. The number of piperazine rings is 1. The molecule has 1 aliphatic heterocycles. The summed E-state index contributed by atoms with van der Waals surface area (Å²) in [4.78, 5) is 37.4. The van der Waals surface area contributed by atoms with Gasteiger partial charge in [0.25, 0.3) is 0 Å². The van der Waals surface area contributed by atoms with E-state index in [4.69, 9.17) is 4.74 Å². The molecular weight excluding hydrogens is 326 g/mol. The number of amides is 2. The first-order chi connectivity index (χ1) is 12.0.